The van der Waals surface area contributed by atoms with Crippen LogP contribution in [-0.2, 0) is 9.59 Å². The van der Waals surface area contributed by atoms with E-state index >= 15 is 0 Å². The van der Waals surface area contributed by atoms with Crippen molar-refractivity contribution in [2.75, 3.05) is 6.54 Å². The molecule has 1 aromatic rings. The summed E-state index contributed by atoms with van der Waals surface area (Å²) in [6.45, 7) is 1.93. The van der Waals surface area contributed by atoms with E-state index in [4.69, 9.17) is 0 Å². The molecule has 0 aliphatic rings. The third kappa shape index (κ3) is 4.22. The third-order valence-electron chi connectivity index (χ3n) is 1.84. The van der Waals surface area contributed by atoms with E-state index < -0.39 is 0 Å². The molecule has 3 heteroatoms. The minimum Gasteiger partial charge on any atom is -0.345 e. The standard InChI is InChI=1S/C12H12NO2/c1-10-2-4-11(5-3-10)6-7-12(15)13-8-9-14/h2-7H,8H2,1H3,(H,13,15)/b7-6+. The molecule has 0 heterocycles. The van der Waals surface area contributed by atoms with Crippen LogP contribution >= 0.6 is 0 Å². The van der Waals surface area contributed by atoms with Gasteiger partial charge in [-0.15, -0.1) is 0 Å². The van der Waals surface area contributed by atoms with Crippen LogP contribution in [0.25, 0.3) is 6.08 Å². The van der Waals surface area contributed by atoms with Crippen LogP contribution < -0.4 is 5.32 Å². The Morgan fingerprint density at radius 2 is 2.07 bits per heavy atom. The van der Waals surface area contributed by atoms with Gasteiger partial charge in [0.25, 0.3) is 0 Å². The summed E-state index contributed by atoms with van der Waals surface area (Å²) in [6.07, 6.45) is 4.67. The van der Waals surface area contributed by atoms with Crippen LogP contribution in [0.15, 0.2) is 30.3 Å². The molecule has 1 aromatic carbocycles. The summed E-state index contributed by atoms with van der Waals surface area (Å²) in [4.78, 5) is 20.9. The molecule has 77 valence electrons. The minimum absolute atomic E-state index is 0.0724. The largest absolute Gasteiger partial charge is 0.345 e. The first-order valence-corrected chi connectivity index (χ1v) is 4.60. The van der Waals surface area contributed by atoms with Crippen LogP contribution in [-0.4, -0.2) is 18.7 Å². The Balaban J connectivity index is 2.53. The van der Waals surface area contributed by atoms with Crippen LogP contribution in [0.4, 0.5) is 0 Å². The van der Waals surface area contributed by atoms with E-state index in [0.29, 0.717) is 0 Å². The molecule has 0 bridgehead atoms. The van der Waals surface area contributed by atoms with Gasteiger partial charge < -0.3 is 5.32 Å². The highest BCUT2D eigenvalue weighted by molar-refractivity contribution is 5.92. The SMILES string of the molecule is Cc1ccc(/C=C/C(=O)NC[C]=O)cc1. The quantitative estimate of drug-likeness (QED) is 0.746. The van der Waals surface area contributed by atoms with Gasteiger partial charge >= 0.3 is 0 Å². The molecule has 3 nitrogen and oxygen atoms in total. The summed E-state index contributed by atoms with van der Waals surface area (Å²) in [7, 11) is 0. The monoisotopic (exact) mass is 202 g/mol. The fourth-order valence-corrected chi connectivity index (χ4v) is 1.03. The fraction of sp³-hybridized carbons (Fsp3) is 0.167. The average molecular weight is 202 g/mol. The third-order valence-corrected chi connectivity index (χ3v) is 1.84. The van der Waals surface area contributed by atoms with Crippen molar-refractivity contribution in [3.05, 3.63) is 41.5 Å². The van der Waals surface area contributed by atoms with Crippen molar-refractivity contribution in [2.45, 2.75) is 6.92 Å². The molecule has 0 saturated carbocycles. The number of aryl methyl sites for hydroxylation is 1. The number of nitrogens with one attached hydrogen (secondary N) is 1. The smallest absolute Gasteiger partial charge is 0.244 e. The molecule has 0 spiro atoms. The lowest BCUT2D eigenvalue weighted by Crippen LogP contribution is -2.22. The van der Waals surface area contributed by atoms with E-state index in [0.717, 1.165) is 5.56 Å². The van der Waals surface area contributed by atoms with Crippen LogP contribution in [0.3, 0.4) is 0 Å². The molecule has 0 saturated heterocycles. The predicted molar refractivity (Wildman–Crippen MR) is 58.9 cm³/mol. The van der Waals surface area contributed by atoms with E-state index in [1.54, 1.807) is 12.4 Å². The van der Waals surface area contributed by atoms with Crippen molar-refractivity contribution in [3.63, 3.8) is 0 Å². The zero-order valence-electron chi connectivity index (χ0n) is 8.49. The molecule has 1 radical (unpaired) electrons. The number of rotatable bonds is 4. The van der Waals surface area contributed by atoms with Crippen LogP contribution in [0.1, 0.15) is 11.1 Å². The summed E-state index contributed by atoms with van der Waals surface area (Å²) < 4.78 is 0. The maximum Gasteiger partial charge on any atom is 0.244 e. The summed E-state index contributed by atoms with van der Waals surface area (Å²) in [5, 5.41) is 2.36. The topological polar surface area (TPSA) is 46.2 Å². The molecule has 0 aliphatic heterocycles. The van der Waals surface area contributed by atoms with E-state index in [1.807, 2.05) is 31.2 Å². The molecule has 1 rings (SSSR count). The number of hydrogen-bond donors (Lipinski definition) is 1. The van der Waals surface area contributed by atoms with Crippen LogP contribution in [0, 0.1) is 6.92 Å². The maximum atomic E-state index is 11.1. The predicted octanol–water partition coefficient (Wildman–Crippen LogP) is 1.23. The van der Waals surface area contributed by atoms with Gasteiger partial charge in [0.15, 0.2) is 0 Å². The lowest BCUT2D eigenvalue weighted by Gasteiger charge is -1.95. The molecule has 0 unspecified atom stereocenters. The van der Waals surface area contributed by atoms with Gasteiger partial charge in [-0.3, -0.25) is 9.59 Å². The van der Waals surface area contributed by atoms with Crippen molar-refractivity contribution in [1.82, 2.24) is 5.32 Å². The second kappa shape index (κ2) is 5.75. The number of carbonyl (C=O) groups excluding carboxylic acids is 2. The summed E-state index contributed by atoms with van der Waals surface area (Å²) in [6, 6.07) is 7.78. The average Bonchev–Trinajstić information content (AvgIpc) is 2.25. The van der Waals surface area contributed by atoms with E-state index in [2.05, 4.69) is 5.32 Å². The highest BCUT2D eigenvalue weighted by Gasteiger charge is 1.93. The van der Waals surface area contributed by atoms with Crippen molar-refractivity contribution in [2.24, 2.45) is 0 Å². The lowest BCUT2D eigenvalue weighted by molar-refractivity contribution is -0.116. The number of amides is 1. The normalized spacial score (nSPS) is 10.2. The van der Waals surface area contributed by atoms with E-state index in [9.17, 15) is 9.59 Å². The summed E-state index contributed by atoms with van der Waals surface area (Å²) >= 11 is 0. The lowest BCUT2D eigenvalue weighted by atomic mass is 10.1. The van der Waals surface area contributed by atoms with Gasteiger partial charge in [-0.05, 0) is 18.6 Å². The molecule has 0 aromatic heterocycles. The molecule has 1 amide bonds. The molecule has 0 aliphatic carbocycles. The summed E-state index contributed by atoms with van der Waals surface area (Å²) in [5.41, 5.74) is 2.12. The van der Waals surface area contributed by atoms with Crippen molar-refractivity contribution >= 4 is 18.3 Å². The molecule has 15 heavy (non-hydrogen) atoms. The van der Waals surface area contributed by atoms with Crippen molar-refractivity contribution in [1.29, 1.82) is 0 Å². The van der Waals surface area contributed by atoms with Gasteiger partial charge in [0.2, 0.25) is 12.2 Å². The van der Waals surface area contributed by atoms with Gasteiger partial charge in [0.1, 0.15) is 0 Å². The Kier molecular flexibility index (Phi) is 4.29. The zero-order chi connectivity index (χ0) is 11.1. The number of carbonyl (C=O) groups is 1. The highest BCUT2D eigenvalue weighted by Crippen LogP contribution is 2.04. The number of hydrogen-bond acceptors (Lipinski definition) is 2. The Morgan fingerprint density at radius 1 is 1.40 bits per heavy atom. The molecule has 0 fully saturated rings. The molecule has 1 N–H and O–H groups in total. The summed E-state index contributed by atoms with van der Waals surface area (Å²) in [5.74, 6) is -0.293. The van der Waals surface area contributed by atoms with Crippen LogP contribution in [0.5, 0.6) is 0 Å². The van der Waals surface area contributed by atoms with E-state index in [1.165, 1.54) is 11.6 Å². The van der Waals surface area contributed by atoms with Gasteiger partial charge in [-0.2, -0.15) is 0 Å². The van der Waals surface area contributed by atoms with Crippen molar-refractivity contribution < 1.29 is 9.59 Å². The second-order valence-corrected chi connectivity index (χ2v) is 3.11. The Hall–Kier alpha value is -1.90. The molecular weight excluding hydrogens is 190 g/mol. The molecular formula is C12H12NO2. The van der Waals surface area contributed by atoms with Crippen LogP contribution in [0.2, 0.25) is 0 Å². The molecule has 0 atom stereocenters. The first-order chi connectivity index (χ1) is 7.22. The second-order valence-electron chi connectivity index (χ2n) is 3.11. The van der Waals surface area contributed by atoms with Gasteiger partial charge in [0, 0.05) is 6.08 Å². The highest BCUT2D eigenvalue weighted by atomic mass is 16.2. The first kappa shape index (κ1) is 11.2. The minimum atomic E-state index is -0.293. The fourth-order valence-electron chi connectivity index (χ4n) is 1.03. The Bertz CT molecular complexity index is 366. The van der Waals surface area contributed by atoms with Gasteiger partial charge in [-0.1, -0.05) is 29.8 Å². The Labute approximate surface area is 88.8 Å². The Morgan fingerprint density at radius 3 is 2.67 bits per heavy atom. The van der Waals surface area contributed by atoms with Crippen molar-refractivity contribution in [3.8, 4) is 0 Å². The zero-order valence-corrected chi connectivity index (χ0v) is 8.49. The van der Waals surface area contributed by atoms with E-state index in [-0.39, 0.29) is 12.5 Å². The first-order valence-electron chi connectivity index (χ1n) is 4.60. The number of benzene rings is 1. The van der Waals surface area contributed by atoms with Gasteiger partial charge in [0.05, 0.1) is 6.54 Å². The maximum absolute atomic E-state index is 11.1. The van der Waals surface area contributed by atoms with Gasteiger partial charge in [-0.25, -0.2) is 0 Å².